The first kappa shape index (κ1) is 14.0. The molecule has 1 aromatic carbocycles. The lowest BCUT2D eigenvalue weighted by Gasteiger charge is -2.22. The molecule has 1 heterocycles. The van der Waals surface area contributed by atoms with E-state index >= 15 is 0 Å². The number of esters is 1. The van der Waals surface area contributed by atoms with Crippen LogP contribution in [0.2, 0.25) is 0 Å². The third kappa shape index (κ3) is 3.55. The van der Waals surface area contributed by atoms with Crippen molar-refractivity contribution in [3.05, 3.63) is 35.9 Å². The molecule has 1 fully saturated rings. The number of ether oxygens (including phenoxy) is 2. The van der Waals surface area contributed by atoms with Crippen LogP contribution < -0.4 is 5.32 Å². The number of rotatable bonds is 5. The van der Waals surface area contributed by atoms with E-state index in [1.54, 1.807) is 0 Å². The third-order valence-electron chi connectivity index (χ3n) is 3.43. The number of carbonyl (C=O) groups excluding carboxylic acids is 1. The number of hydrogen-bond donors (Lipinski definition) is 1. The van der Waals surface area contributed by atoms with Gasteiger partial charge in [-0.25, -0.2) is 0 Å². The van der Waals surface area contributed by atoms with Gasteiger partial charge >= 0.3 is 5.97 Å². The SMILES string of the molecule is CCOC(=O)[C@@H]1COC[C@H]1N[C@@H](C)c1ccccc1. The Bertz CT molecular complexity index is 407. The summed E-state index contributed by atoms with van der Waals surface area (Å²) in [7, 11) is 0. The molecule has 0 amide bonds. The van der Waals surface area contributed by atoms with Gasteiger partial charge in [0.1, 0.15) is 0 Å². The second-order valence-electron chi connectivity index (χ2n) is 4.80. The van der Waals surface area contributed by atoms with E-state index in [0.717, 1.165) is 0 Å². The number of nitrogens with one attached hydrogen (secondary N) is 1. The lowest BCUT2D eigenvalue weighted by atomic mass is 10.0. The molecule has 19 heavy (non-hydrogen) atoms. The molecular formula is C15H21NO3. The molecule has 1 aromatic rings. The van der Waals surface area contributed by atoms with Gasteiger partial charge in [0, 0.05) is 12.1 Å². The zero-order valence-corrected chi connectivity index (χ0v) is 11.5. The van der Waals surface area contributed by atoms with Crippen molar-refractivity contribution in [1.82, 2.24) is 5.32 Å². The minimum absolute atomic E-state index is 0.0225. The lowest BCUT2D eigenvalue weighted by Crippen LogP contribution is -2.41. The Hall–Kier alpha value is -1.39. The molecule has 0 unspecified atom stereocenters. The maximum Gasteiger partial charge on any atom is 0.312 e. The first-order valence-corrected chi connectivity index (χ1v) is 6.77. The van der Waals surface area contributed by atoms with Crippen LogP contribution in [0.4, 0.5) is 0 Å². The summed E-state index contributed by atoms with van der Waals surface area (Å²) in [5.41, 5.74) is 1.21. The Kier molecular flexibility index (Phi) is 4.93. The van der Waals surface area contributed by atoms with E-state index in [9.17, 15) is 4.79 Å². The predicted octanol–water partition coefficient (Wildman–Crippen LogP) is 1.92. The van der Waals surface area contributed by atoms with Crippen LogP contribution in [0.1, 0.15) is 25.5 Å². The zero-order valence-electron chi connectivity index (χ0n) is 11.5. The highest BCUT2D eigenvalue weighted by atomic mass is 16.5. The van der Waals surface area contributed by atoms with Crippen LogP contribution in [0.15, 0.2) is 30.3 Å². The summed E-state index contributed by atoms with van der Waals surface area (Å²) in [4.78, 5) is 11.8. The van der Waals surface area contributed by atoms with Crippen molar-refractivity contribution in [3.8, 4) is 0 Å². The average molecular weight is 263 g/mol. The first-order valence-electron chi connectivity index (χ1n) is 6.77. The van der Waals surface area contributed by atoms with Gasteiger partial charge in [0.25, 0.3) is 0 Å². The topological polar surface area (TPSA) is 47.6 Å². The molecule has 0 radical (unpaired) electrons. The molecular weight excluding hydrogens is 242 g/mol. The van der Waals surface area contributed by atoms with Crippen LogP contribution in [-0.4, -0.2) is 31.8 Å². The van der Waals surface area contributed by atoms with Crippen molar-refractivity contribution in [2.75, 3.05) is 19.8 Å². The fourth-order valence-electron chi connectivity index (χ4n) is 2.36. The molecule has 104 valence electrons. The van der Waals surface area contributed by atoms with Crippen LogP contribution in [0.3, 0.4) is 0 Å². The van der Waals surface area contributed by atoms with Gasteiger partial charge in [0.2, 0.25) is 0 Å². The molecule has 0 aromatic heterocycles. The van der Waals surface area contributed by atoms with Gasteiger partial charge in [-0.15, -0.1) is 0 Å². The van der Waals surface area contributed by atoms with E-state index < -0.39 is 0 Å². The Balaban J connectivity index is 1.96. The molecule has 0 spiro atoms. The predicted molar refractivity (Wildman–Crippen MR) is 72.7 cm³/mol. The number of hydrogen-bond acceptors (Lipinski definition) is 4. The van der Waals surface area contributed by atoms with Gasteiger partial charge in [-0.2, -0.15) is 0 Å². The van der Waals surface area contributed by atoms with Gasteiger partial charge in [-0.05, 0) is 19.4 Å². The van der Waals surface area contributed by atoms with Crippen LogP contribution >= 0.6 is 0 Å². The largest absolute Gasteiger partial charge is 0.466 e. The Morgan fingerprint density at radius 3 is 2.84 bits per heavy atom. The van der Waals surface area contributed by atoms with Crippen molar-refractivity contribution in [1.29, 1.82) is 0 Å². The van der Waals surface area contributed by atoms with Crippen molar-refractivity contribution < 1.29 is 14.3 Å². The van der Waals surface area contributed by atoms with E-state index in [-0.39, 0.29) is 24.0 Å². The van der Waals surface area contributed by atoms with Crippen LogP contribution in [-0.2, 0) is 14.3 Å². The second kappa shape index (κ2) is 6.68. The molecule has 3 atom stereocenters. The maximum atomic E-state index is 11.8. The van der Waals surface area contributed by atoms with Crippen molar-refractivity contribution in [3.63, 3.8) is 0 Å². The van der Waals surface area contributed by atoms with Crippen molar-refractivity contribution in [2.24, 2.45) is 5.92 Å². The van der Waals surface area contributed by atoms with Gasteiger partial charge in [0.05, 0.1) is 25.7 Å². The Morgan fingerprint density at radius 2 is 2.16 bits per heavy atom. The summed E-state index contributed by atoms with van der Waals surface area (Å²) in [5, 5.41) is 3.46. The molecule has 0 bridgehead atoms. The van der Waals surface area contributed by atoms with E-state index in [1.165, 1.54) is 5.56 Å². The second-order valence-corrected chi connectivity index (χ2v) is 4.80. The molecule has 0 aliphatic carbocycles. The molecule has 1 aliphatic heterocycles. The Labute approximate surface area is 114 Å². The summed E-state index contributed by atoms with van der Waals surface area (Å²) in [6.45, 7) is 5.33. The van der Waals surface area contributed by atoms with Crippen LogP contribution in [0, 0.1) is 5.92 Å². The van der Waals surface area contributed by atoms with E-state index in [1.807, 2.05) is 25.1 Å². The minimum Gasteiger partial charge on any atom is -0.466 e. The fraction of sp³-hybridized carbons (Fsp3) is 0.533. The van der Waals surface area contributed by atoms with Gasteiger partial charge in [-0.3, -0.25) is 4.79 Å². The molecule has 1 aliphatic rings. The first-order chi connectivity index (χ1) is 9.22. The fourth-order valence-corrected chi connectivity index (χ4v) is 2.36. The number of benzene rings is 1. The van der Waals surface area contributed by atoms with Gasteiger partial charge < -0.3 is 14.8 Å². The average Bonchev–Trinajstić information content (AvgIpc) is 2.88. The normalized spacial score (nSPS) is 24.1. The summed E-state index contributed by atoms with van der Waals surface area (Å²) < 4.78 is 10.5. The summed E-state index contributed by atoms with van der Waals surface area (Å²) in [6.07, 6.45) is 0. The highest BCUT2D eigenvalue weighted by molar-refractivity contribution is 5.73. The standard InChI is InChI=1S/C15H21NO3/c1-3-19-15(17)13-9-18-10-14(13)16-11(2)12-7-5-4-6-8-12/h4-8,11,13-14,16H,3,9-10H2,1-2H3/t11-,13+,14+/m0/s1. The summed E-state index contributed by atoms with van der Waals surface area (Å²) in [6, 6.07) is 10.4. The van der Waals surface area contributed by atoms with Crippen LogP contribution in [0.5, 0.6) is 0 Å². The molecule has 4 heteroatoms. The van der Waals surface area contributed by atoms with Crippen molar-refractivity contribution in [2.45, 2.75) is 25.9 Å². The third-order valence-corrected chi connectivity index (χ3v) is 3.43. The highest BCUT2D eigenvalue weighted by Crippen LogP contribution is 2.20. The van der Waals surface area contributed by atoms with Crippen molar-refractivity contribution >= 4 is 5.97 Å². The van der Waals surface area contributed by atoms with Gasteiger partial charge in [0.15, 0.2) is 0 Å². The summed E-state index contributed by atoms with van der Waals surface area (Å²) >= 11 is 0. The number of carbonyl (C=O) groups is 1. The van der Waals surface area contributed by atoms with E-state index in [0.29, 0.717) is 19.8 Å². The maximum absolute atomic E-state index is 11.8. The molecule has 4 nitrogen and oxygen atoms in total. The lowest BCUT2D eigenvalue weighted by molar-refractivity contribution is -0.148. The van der Waals surface area contributed by atoms with E-state index in [2.05, 4.69) is 24.4 Å². The zero-order chi connectivity index (χ0) is 13.7. The molecule has 2 rings (SSSR count). The molecule has 1 N–H and O–H groups in total. The van der Waals surface area contributed by atoms with Crippen LogP contribution in [0.25, 0.3) is 0 Å². The summed E-state index contributed by atoms with van der Waals surface area (Å²) in [5.74, 6) is -0.371. The molecule has 1 saturated heterocycles. The smallest absolute Gasteiger partial charge is 0.312 e. The highest BCUT2D eigenvalue weighted by Gasteiger charge is 2.35. The molecule has 0 saturated carbocycles. The Morgan fingerprint density at radius 1 is 1.42 bits per heavy atom. The monoisotopic (exact) mass is 263 g/mol. The van der Waals surface area contributed by atoms with Gasteiger partial charge in [-0.1, -0.05) is 30.3 Å². The van der Waals surface area contributed by atoms with E-state index in [4.69, 9.17) is 9.47 Å². The minimum atomic E-state index is -0.203. The quantitative estimate of drug-likeness (QED) is 0.824.